The maximum Gasteiger partial charge on any atom is 0.336 e. The summed E-state index contributed by atoms with van der Waals surface area (Å²) in [4.78, 5) is 27.0. The molecule has 0 aromatic heterocycles. The largest absolute Gasteiger partial charge is 0.497 e. The summed E-state index contributed by atoms with van der Waals surface area (Å²) in [5.41, 5.74) is 4.13. The molecule has 3 aromatic carbocycles. The van der Waals surface area contributed by atoms with E-state index in [1.165, 1.54) is 5.56 Å². The number of anilines is 2. The number of aromatic carboxylic acids is 1. The van der Waals surface area contributed by atoms with Gasteiger partial charge in [-0.3, -0.25) is 4.90 Å². The summed E-state index contributed by atoms with van der Waals surface area (Å²) in [5.74, 6) is 0.274. The van der Waals surface area contributed by atoms with E-state index >= 15 is 0 Å². The summed E-state index contributed by atoms with van der Waals surface area (Å²) in [5, 5.41) is 15.3. The van der Waals surface area contributed by atoms with E-state index in [4.69, 9.17) is 4.74 Å². The van der Waals surface area contributed by atoms with Crippen molar-refractivity contribution in [2.45, 2.75) is 32.7 Å². The molecule has 1 aliphatic heterocycles. The van der Waals surface area contributed by atoms with Crippen molar-refractivity contribution in [1.82, 2.24) is 4.90 Å². The third-order valence-electron chi connectivity index (χ3n) is 6.82. The molecular weight excluding hydrogens is 454 g/mol. The molecule has 1 heterocycles. The zero-order chi connectivity index (χ0) is 25.5. The van der Waals surface area contributed by atoms with Crippen LogP contribution in [-0.4, -0.2) is 42.2 Å². The monoisotopic (exact) mass is 487 g/mol. The first-order valence-electron chi connectivity index (χ1n) is 12.3. The number of ether oxygens (including phenoxy) is 1. The first-order valence-corrected chi connectivity index (χ1v) is 12.3. The molecule has 1 saturated heterocycles. The van der Waals surface area contributed by atoms with Crippen LogP contribution in [0, 0.1) is 12.8 Å². The van der Waals surface area contributed by atoms with Crippen LogP contribution in [0.2, 0.25) is 0 Å². The number of urea groups is 1. The Bertz CT molecular complexity index is 1200. The van der Waals surface area contributed by atoms with Crippen molar-refractivity contribution < 1.29 is 19.4 Å². The second kappa shape index (κ2) is 11.7. The summed E-state index contributed by atoms with van der Waals surface area (Å²) in [7, 11) is 1.57. The van der Waals surface area contributed by atoms with Gasteiger partial charge in [-0.25, -0.2) is 9.59 Å². The van der Waals surface area contributed by atoms with E-state index in [0.29, 0.717) is 35.2 Å². The lowest BCUT2D eigenvalue weighted by molar-refractivity contribution is 0.0696. The number of carboxylic acids is 1. The van der Waals surface area contributed by atoms with Crippen LogP contribution >= 0.6 is 0 Å². The number of carbonyl (C=O) groups excluding carboxylic acids is 1. The third kappa shape index (κ3) is 6.43. The number of carbonyl (C=O) groups is 2. The lowest BCUT2D eigenvalue weighted by Gasteiger charge is -2.32. The van der Waals surface area contributed by atoms with Crippen LogP contribution in [0.15, 0.2) is 66.7 Å². The molecular formula is C29H33N3O4. The van der Waals surface area contributed by atoms with E-state index in [0.717, 1.165) is 37.9 Å². The smallest absolute Gasteiger partial charge is 0.336 e. The van der Waals surface area contributed by atoms with Gasteiger partial charge in [-0.2, -0.15) is 0 Å². The predicted octanol–water partition coefficient (Wildman–Crippen LogP) is 5.80. The van der Waals surface area contributed by atoms with Gasteiger partial charge in [-0.15, -0.1) is 0 Å². The summed E-state index contributed by atoms with van der Waals surface area (Å²) in [6.45, 7) is 4.31. The van der Waals surface area contributed by atoms with E-state index in [9.17, 15) is 14.7 Å². The minimum atomic E-state index is -1.02. The van der Waals surface area contributed by atoms with Gasteiger partial charge in [0.05, 0.1) is 18.4 Å². The Kier molecular flexibility index (Phi) is 8.23. The van der Waals surface area contributed by atoms with E-state index in [-0.39, 0.29) is 5.56 Å². The van der Waals surface area contributed by atoms with Gasteiger partial charge < -0.3 is 20.5 Å². The first-order chi connectivity index (χ1) is 17.4. The molecule has 0 atom stereocenters. The van der Waals surface area contributed by atoms with Crippen LogP contribution in [0.25, 0.3) is 0 Å². The van der Waals surface area contributed by atoms with Crippen LogP contribution < -0.4 is 15.4 Å². The number of hydrogen-bond donors (Lipinski definition) is 3. The molecule has 1 aliphatic rings. The Hall–Kier alpha value is -3.84. The average molecular weight is 488 g/mol. The lowest BCUT2D eigenvalue weighted by atomic mass is 9.90. The Labute approximate surface area is 212 Å². The molecule has 2 amide bonds. The number of methoxy groups -OCH3 is 1. The number of hydrogen-bond acceptors (Lipinski definition) is 4. The normalized spacial score (nSPS) is 14.3. The summed E-state index contributed by atoms with van der Waals surface area (Å²) >= 11 is 0. The van der Waals surface area contributed by atoms with Crippen LogP contribution in [0.5, 0.6) is 5.75 Å². The number of rotatable bonds is 8. The van der Waals surface area contributed by atoms with Gasteiger partial charge in [-0.1, -0.05) is 42.5 Å². The molecule has 3 N–H and O–H groups in total. The molecule has 4 rings (SSSR count). The molecule has 7 heteroatoms. The zero-order valence-corrected chi connectivity index (χ0v) is 20.8. The zero-order valence-electron chi connectivity index (χ0n) is 20.8. The molecule has 0 aliphatic carbocycles. The van der Waals surface area contributed by atoms with Crippen LogP contribution in [0.3, 0.4) is 0 Å². The van der Waals surface area contributed by atoms with Gasteiger partial charge in [0.2, 0.25) is 0 Å². The summed E-state index contributed by atoms with van der Waals surface area (Å²) < 4.78 is 5.22. The summed E-state index contributed by atoms with van der Waals surface area (Å²) in [6.07, 6.45) is 3.32. The Morgan fingerprint density at radius 3 is 2.44 bits per heavy atom. The van der Waals surface area contributed by atoms with Crippen LogP contribution in [0.1, 0.15) is 39.9 Å². The van der Waals surface area contributed by atoms with Gasteiger partial charge in [-0.05, 0) is 80.1 Å². The number of carboxylic acid groups (broad SMARTS) is 1. The van der Waals surface area contributed by atoms with Crippen molar-refractivity contribution >= 4 is 23.4 Å². The summed E-state index contributed by atoms with van der Waals surface area (Å²) in [6, 6.07) is 20.7. The van der Waals surface area contributed by atoms with Gasteiger partial charge in [0.15, 0.2) is 0 Å². The molecule has 0 bridgehead atoms. The lowest BCUT2D eigenvalue weighted by Crippen LogP contribution is -2.34. The highest BCUT2D eigenvalue weighted by molar-refractivity contribution is 6.02. The molecule has 1 fully saturated rings. The molecule has 3 aromatic rings. The van der Waals surface area contributed by atoms with Crippen molar-refractivity contribution in [1.29, 1.82) is 0 Å². The van der Waals surface area contributed by atoms with Crippen molar-refractivity contribution in [2.75, 3.05) is 30.8 Å². The predicted molar refractivity (Wildman–Crippen MR) is 142 cm³/mol. The van der Waals surface area contributed by atoms with Gasteiger partial charge >= 0.3 is 12.0 Å². The second-order valence-corrected chi connectivity index (χ2v) is 9.30. The van der Waals surface area contributed by atoms with E-state index in [2.05, 4.69) is 39.8 Å². The van der Waals surface area contributed by atoms with Gasteiger partial charge in [0.1, 0.15) is 5.75 Å². The van der Waals surface area contributed by atoms with E-state index < -0.39 is 12.0 Å². The average Bonchev–Trinajstić information content (AvgIpc) is 2.88. The Morgan fingerprint density at radius 2 is 1.75 bits per heavy atom. The highest BCUT2D eigenvalue weighted by Gasteiger charge is 2.22. The second-order valence-electron chi connectivity index (χ2n) is 9.30. The molecule has 188 valence electrons. The van der Waals surface area contributed by atoms with Crippen molar-refractivity contribution in [2.24, 2.45) is 5.92 Å². The molecule has 0 spiro atoms. The van der Waals surface area contributed by atoms with Gasteiger partial charge in [0.25, 0.3) is 0 Å². The minimum absolute atomic E-state index is 0.178. The van der Waals surface area contributed by atoms with Crippen LogP contribution in [0.4, 0.5) is 16.2 Å². The maximum atomic E-state index is 12.9. The number of nitrogens with zero attached hydrogens (tertiary/aromatic N) is 1. The van der Waals surface area contributed by atoms with Crippen molar-refractivity contribution in [3.05, 3.63) is 89.0 Å². The number of piperidine rings is 1. The van der Waals surface area contributed by atoms with E-state index in [1.807, 2.05) is 12.1 Å². The number of amides is 2. The van der Waals surface area contributed by atoms with Crippen molar-refractivity contribution in [3.63, 3.8) is 0 Å². The fourth-order valence-electron chi connectivity index (χ4n) is 4.82. The third-order valence-corrected chi connectivity index (χ3v) is 6.82. The Balaban J connectivity index is 1.45. The minimum Gasteiger partial charge on any atom is -0.497 e. The first kappa shape index (κ1) is 25.3. The quantitative estimate of drug-likeness (QED) is 0.374. The standard InChI is InChI=1S/C29H33N3O4/c1-20-26(28(33)34)12-11-23(27(20)31-29(35)30-24-9-6-10-25(18-24)36-2)19-32-15-13-22(14-16-32)17-21-7-4-3-5-8-21/h3-12,18,22H,13-17,19H2,1-2H3,(H,33,34)(H2,30,31,35). The van der Waals surface area contributed by atoms with Crippen LogP contribution in [-0.2, 0) is 13.0 Å². The topological polar surface area (TPSA) is 90.9 Å². The fourth-order valence-corrected chi connectivity index (χ4v) is 4.82. The number of likely N-dealkylation sites (tertiary alicyclic amines) is 1. The van der Waals surface area contributed by atoms with Crippen molar-refractivity contribution in [3.8, 4) is 5.75 Å². The highest BCUT2D eigenvalue weighted by Crippen LogP contribution is 2.29. The molecule has 0 radical (unpaired) electrons. The van der Waals surface area contributed by atoms with E-state index in [1.54, 1.807) is 44.4 Å². The Morgan fingerprint density at radius 1 is 1.00 bits per heavy atom. The van der Waals surface area contributed by atoms with Gasteiger partial charge in [0, 0.05) is 18.3 Å². The molecule has 36 heavy (non-hydrogen) atoms. The SMILES string of the molecule is COc1cccc(NC(=O)Nc2c(CN3CCC(Cc4ccccc4)CC3)ccc(C(=O)O)c2C)c1. The highest BCUT2D eigenvalue weighted by atomic mass is 16.5. The number of nitrogens with one attached hydrogen (secondary N) is 2. The maximum absolute atomic E-state index is 12.9. The molecule has 7 nitrogen and oxygen atoms in total. The molecule has 0 saturated carbocycles. The number of benzene rings is 3. The molecule has 0 unspecified atom stereocenters. The fraction of sp³-hybridized carbons (Fsp3) is 0.310.